The van der Waals surface area contributed by atoms with E-state index in [4.69, 9.17) is 21.4 Å². The summed E-state index contributed by atoms with van der Waals surface area (Å²) in [5.74, 6) is 1.23. The van der Waals surface area contributed by atoms with Gasteiger partial charge in [-0.05, 0) is 53.8 Å². The molecule has 1 aliphatic carbocycles. The molecule has 0 radical (unpaired) electrons. The van der Waals surface area contributed by atoms with Crippen LogP contribution in [-0.2, 0) is 4.79 Å². The molecule has 0 spiro atoms. The lowest BCUT2D eigenvalue weighted by Gasteiger charge is -2.39. The number of anilines is 4. The van der Waals surface area contributed by atoms with E-state index < -0.39 is 6.04 Å². The number of halogens is 1. The molecule has 1 amide bonds. The van der Waals surface area contributed by atoms with Gasteiger partial charge in [-0.25, -0.2) is 4.68 Å². The Morgan fingerprint density at radius 2 is 1.73 bits per heavy atom. The highest BCUT2D eigenvalue weighted by molar-refractivity contribution is 6.33. The van der Waals surface area contributed by atoms with Crippen molar-refractivity contribution in [3.05, 3.63) is 106 Å². The van der Waals surface area contributed by atoms with Crippen LogP contribution < -0.4 is 20.7 Å². The molecule has 1 atom stereocenters. The third kappa shape index (κ3) is 5.07. The van der Waals surface area contributed by atoms with E-state index in [1.807, 2.05) is 72.8 Å². The van der Waals surface area contributed by atoms with Crippen molar-refractivity contribution in [2.24, 2.45) is 5.41 Å². The zero-order chi connectivity index (χ0) is 28.7. The van der Waals surface area contributed by atoms with E-state index in [2.05, 4.69) is 29.8 Å². The van der Waals surface area contributed by atoms with E-state index >= 15 is 0 Å². The van der Waals surface area contributed by atoms with E-state index in [-0.39, 0.29) is 17.1 Å². The second-order valence-corrected chi connectivity index (χ2v) is 11.5. The predicted molar refractivity (Wildman–Crippen MR) is 161 cm³/mol. The molecule has 3 N–H and O–H groups in total. The number of carbonyl (C=O) groups excluding carboxylic acids is 2. The van der Waals surface area contributed by atoms with Gasteiger partial charge in [-0.3, -0.25) is 9.59 Å². The zero-order valence-corrected chi connectivity index (χ0v) is 23.8. The minimum atomic E-state index is -0.541. The molecule has 208 valence electrons. The van der Waals surface area contributed by atoms with Crippen LogP contribution in [0.5, 0.6) is 5.75 Å². The van der Waals surface area contributed by atoms with Crippen LogP contribution in [0.15, 0.2) is 90.1 Å². The number of amides is 1. The number of fused-ring (bicyclic) bond motifs is 1. The van der Waals surface area contributed by atoms with Crippen molar-refractivity contribution in [2.75, 3.05) is 23.1 Å². The van der Waals surface area contributed by atoms with Crippen LogP contribution in [0.25, 0.3) is 0 Å². The summed E-state index contributed by atoms with van der Waals surface area (Å²) in [7, 11) is 1.61. The van der Waals surface area contributed by atoms with Crippen molar-refractivity contribution in [3.63, 3.8) is 0 Å². The number of nitrogens with one attached hydrogen (secondary N) is 3. The van der Waals surface area contributed by atoms with E-state index in [9.17, 15) is 9.59 Å². The van der Waals surface area contributed by atoms with Gasteiger partial charge in [-0.15, -0.1) is 0 Å². The standard InChI is InChI=1S/C32H30ClN5O3/c1-32(2)17-24-26(25(39)18-32)28(19-13-15-21(41-3)16-14-19)38-30(36-24)27(31(40)34-20-9-5-4-6-10-20)29(37-38)35-23-12-8-7-11-22(23)33/h4-16,28,36H,17-18H2,1-3H3,(H,34,40)(H,35,37)/t28-/m0/s1. The molecule has 1 aromatic heterocycles. The summed E-state index contributed by atoms with van der Waals surface area (Å²) in [6, 6.07) is 23.6. The fourth-order valence-corrected chi connectivity index (χ4v) is 5.75. The molecule has 6 rings (SSSR count). The maximum absolute atomic E-state index is 13.9. The second kappa shape index (κ2) is 10.4. The van der Waals surface area contributed by atoms with Gasteiger partial charge in [0.2, 0.25) is 0 Å². The molecular formula is C32H30ClN5O3. The molecule has 0 unspecified atom stereocenters. The monoisotopic (exact) mass is 567 g/mol. The van der Waals surface area contributed by atoms with Crippen LogP contribution in [0.2, 0.25) is 5.02 Å². The Morgan fingerprint density at radius 1 is 1.02 bits per heavy atom. The average Bonchev–Trinajstić information content (AvgIpc) is 3.30. The summed E-state index contributed by atoms with van der Waals surface area (Å²) < 4.78 is 7.11. The van der Waals surface area contributed by atoms with E-state index in [0.717, 1.165) is 11.3 Å². The largest absolute Gasteiger partial charge is 0.497 e. The maximum Gasteiger partial charge on any atom is 0.263 e. The molecular weight excluding hydrogens is 538 g/mol. The van der Waals surface area contributed by atoms with Crippen molar-refractivity contribution in [2.45, 2.75) is 32.7 Å². The first-order valence-electron chi connectivity index (χ1n) is 13.4. The van der Waals surface area contributed by atoms with Crippen LogP contribution in [-0.4, -0.2) is 28.6 Å². The van der Waals surface area contributed by atoms with Crippen molar-refractivity contribution in [1.29, 1.82) is 0 Å². The van der Waals surface area contributed by atoms with Gasteiger partial charge in [-0.2, -0.15) is 5.10 Å². The maximum atomic E-state index is 13.9. The second-order valence-electron chi connectivity index (χ2n) is 11.1. The first kappa shape index (κ1) is 26.7. The van der Waals surface area contributed by atoms with Crippen molar-refractivity contribution >= 4 is 46.3 Å². The number of allylic oxidation sites excluding steroid dienone is 2. The predicted octanol–water partition coefficient (Wildman–Crippen LogP) is 7.20. The molecule has 3 aromatic carbocycles. The highest BCUT2D eigenvalue weighted by Gasteiger charge is 2.43. The molecule has 41 heavy (non-hydrogen) atoms. The van der Waals surface area contributed by atoms with Crippen LogP contribution in [0.3, 0.4) is 0 Å². The number of carbonyl (C=O) groups is 2. The van der Waals surface area contributed by atoms with Gasteiger partial charge >= 0.3 is 0 Å². The molecule has 9 heteroatoms. The Kier molecular flexibility index (Phi) is 6.79. The Balaban J connectivity index is 1.54. The number of hydrogen-bond donors (Lipinski definition) is 3. The fourth-order valence-electron chi connectivity index (χ4n) is 5.57. The summed E-state index contributed by atoms with van der Waals surface area (Å²) >= 11 is 6.49. The molecule has 4 aromatic rings. The summed E-state index contributed by atoms with van der Waals surface area (Å²) in [4.78, 5) is 27.6. The van der Waals surface area contributed by atoms with Crippen molar-refractivity contribution in [3.8, 4) is 5.75 Å². The average molecular weight is 568 g/mol. The molecule has 2 heterocycles. The lowest BCUT2D eigenvalue weighted by molar-refractivity contribution is -0.118. The van der Waals surface area contributed by atoms with Crippen LogP contribution in [0, 0.1) is 5.41 Å². The third-order valence-electron chi connectivity index (χ3n) is 7.43. The van der Waals surface area contributed by atoms with Crippen LogP contribution >= 0.6 is 11.6 Å². The Hall–Kier alpha value is -4.56. The first-order chi connectivity index (χ1) is 19.7. The Bertz CT molecular complexity index is 1680. The number of ketones is 1. The third-order valence-corrected chi connectivity index (χ3v) is 7.76. The number of ether oxygens (including phenoxy) is 1. The fraction of sp³-hybridized carbons (Fsp3) is 0.219. The van der Waals surface area contributed by atoms with Gasteiger partial charge in [0, 0.05) is 23.4 Å². The van der Waals surface area contributed by atoms with Gasteiger partial charge in [0.25, 0.3) is 5.91 Å². The number of para-hydroxylation sites is 2. The lowest BCUT2D eigenvalue weighted by Crippen LogP contribution is -2.37. The molecule has 2 aliphatic rings. The number of benzene rings is 3. The Morgan fingerprint density at radius 3 is 2.44 bits per heavy atom. The van der Waals surface area contributed by atoms with Gasteiger partial charge < -0.3 is 20.7 Å². The molecule has 0 bridgehead atoms. The summed E-state index contributed by atoms with van der Waals surface area (Å²) in [6.07, 6.45) is 1.07. The van der Waals surface area contributed by atoms with E-state index in [1.54, 1.807) is 17.9 Å². The minimum absolute atomic E-state index is 0.0571. The van der Waals surface area contributed by atoms with Gasteiger partial charge in [0.05, 0.1) is 17.8 Å². The summed E-state index contributed by atoms with van der Waals surface area (Å²) in [5, 5.41) is 15.1. The molecule has 0 fully saturated rings. The van der Waals surface area contributed by atoms with Crippen molar-refractivity contribution in [1.82, 2.24) is 9.78 Å². The molecule has 0 saturated heterocycles. The minimum Gasteiger partial charge on any atom is -0.497 e. The lowest BCUT2D eigenvalue weighted by atomic mass is 9.73. The van der Waals surface area contributed by atoms with Crippen molar-refractivity contribution < 1.29 is 14.3 Å². The van der Waals surface area contributed by atoms with Gasteiger partial charge in [0.1, 0.15) is 23.2 Å². The smallest absolute Gasteiger partial charge is 0.263 e. The number of Topliss-reactive ketones (excluding diaryl/α,β-unsaturated/α-hetero) is 1. The van der Waals surface area contributed by atoms with Crippen LogP contribution in [0.4, 0.5) is 23.0 Å². The molecule has 8 nitrogen and oxygen atoms in total. The van der Waals surface area contributed by atoms with Crippen LogP contribution in [0.1, 0.15) is 48.7 Å². The summed E-state index contributed by atoms with van der Waals surface area (Å²) in [6.45, 7) is 4.16. The quantitative estimate of drug-likeness (QED) is 0.228. The number of nitrogens with zero attached hydrogens (tertiary/aromatic N) is 2. The van der Waals surface area contributed by atoms with Gasteiger partial charge in [-0.1, -0.05) is 67.9 Å². The Labute approximate surface area is 243 Å². The number of rotatable bonds is 6. The molecule has 1 aliphatic heterocycles. The normalized spacial score (nSPS) is 17.3. The zero-order valence-electron chi connectivity index (χ0n) is 23.0. The van der Waals surface area contributed by atoms with Gasteiger partial charge in [0.15, 0.2) is 11.6 Å². The molecule has 0 saturated carbocycles. The number of hydrogen-bond acceptors (Lipinski definition) is 6. The number of methoxy groups -OCH3 is 1. The number of aromatic nitrogens is 2. The van der Waals surface area contributed by atoms with E-state index in [1.165, 1.54) is 0 Å². The topological polar surface area (TPSA) is 97.3 Å². The first-order valence-corrected chi connectivity index (χ1v) is 13.8. The highest BCUT2D eigenvalue weighted by Crippen LogP contribution is 2.48. The summed E-state index contributed by atoms with van der Waals surface area (Å²) in [5.41, 5.74) is 3.65. The van der Waals surface area contributed by atoms with E-state index in [0.29, 0.717) is 57.8 Å². The highest BCUT2D eigenvalue weighted by atomic mass is 35.5. The SMILES string of the molecule is COc1ccc([C@H]2C3=C(CC(C)(C)CC3=O)Nc3c(C(=O)Nc4ccccc4)c(Nc4ccccc4Cl)nn32)cc1.